The smallest absolute Gasteiger partial charge is 0.118 e. The van der Waals surface area contributed by atoms with E-state index in [1.54, 1.807) is 12.7 Å². The second-order valence-electron chi connectivity index (χ2n) is 5.26. The summed E-state index contributed by atoms with van der Waals surface area (Å²) in [6.45, 7) is 2.31. The van der Waals surface area contributed by atoms with Crippen molar-refractivity contribution in [3.63, 3.8) is 0 Å². The minimum Gasteiger partial charge on any atom is -0.497 e. The fourth-order valence-corrected chi connectivity index (χ4v) is 2.64. The number of hydrogen-bond donors (Lipinski definition) is 0. The minimum absolute atomic E-state index is 0.940. The lowest BCUT2D eigenvalue weighted by Crippen LogP contribution is -2.05. The molecule has 0 spiro atoms. The molecule has 1 aliphatic carbocycles. The average molecular weight is 244 g/mol. The van der Waals surface area contributed by atoms with Crippen LogP contribution in [0, 0.1) is 5.92 Å². The summed E-state index contributed by atoms with van der Waals surface area (Å²) < 4.78 is 5.18. The molecule has 1 aliphatic rings. The highest BCUT2D eigenvalue weighted by Crippen LogP contribution is 2.28. The van der Waals surface area contributed by atoms with Gasteiger partial charge in [0.15, 0.2) is 0 Å². The highest BCUT2D eigenvalue weighted by Gasteiger charge is 2.12. The van der Waals surface area contributed by atoms with Crippen molar-refractivity contribution in [2.24, 2.45) is 5.92 Å². The van der Waals surface area contributed by atoms with Gasteiger partial charge in [0, 0.05) is 0 Å². The molecular weight excluding hydrogens is 220 g/mol. The molecule has 0 aliphatic heterocycles. The summed E-state index contributed by atoms with van der Waals surface area (Å²) in [4.78, 5) is 0. The number of benzene rings is 1. The molecule has 0 bridgehead atoms. The van der Waals surface area contributed by atoms with Crippen molar-refractivity contribution in [1.29, 1.82) is 0 Å². The molecule has 0 saturated carbocycles. The summed E-state index contributed by atoms with van der Waals surface area (Å²) in [7, 11) is 1.71. The van der Waals surface area contributed by atoms with E-state index in [0.29, 0.717) is 0 Å². The Balaban J connectivity index is 1.82. The van der Waals surface area contributed by atoms with Gasteiger partial charge in [-0.2, -0.15) is 0 Å². The van der Waals surface area contributed by atoms with Crippen molar-refractivity contribution in [1.82, 2.24) is 0 Å². The first-order chi connectivity index (χ1) is 8.81. The predicted molar refractivity (Wildman–Crippen MR) is 77.0 cm³/mol. The van der Waals surface area contributed by atoms with E-state index in [-0.39, 0.29) is 0 Å². The third kappa shape index (κ3) is 3.63. The zero-order valence-electron chi connectivity index (χ0n) is 11.6. The van der Waals surface area contributed by atoms with Crippen molar-refractivity contribution >= 4 is 0 Å². The monoisotopic (exact) mass is 244 g/mol. The van der Waals surface area contributed by atoms with Crippen LogP contribution in [0.25, 0.3) is 0 Å². The lowest BCUT2D eigenvalue weighted by Gasteiger charge is -2.20. The Morgan fingerprint density at radius 2 is 1.94 bits per heavy atom. The normalized spacial score (nSPS) is 19.4. The molecular formula is C17H24O. The molecule has 0 amide bonds. The standard InChI is InChI=1S/C17H24O/c1-3-14-4-6-15(7-5-14)8-9-16-10-12-17(18-2)13-11-16/h6,10-14H,3-5,7-9H2,1-2H3. The first-order valence-electron chi connectivity index (χ1n) is 7.12. The van der Waals surface area contributed by atoms with Gasteiger partial charge in [-0.25, -0.2) is 0 Å². The Morgan fingerprint density at radius 3 is 2.50 bits per heavy atom. The van der Waals surface area contributed by atoms with Crippen molar-refractivity contribution in [2.45, 2.75) is 45.4 Å². The zero-order valence-corrected chi connectivity index (χ0v) is 11.6. The Labute approximate surface area is 111 Å². The van der Waals surface area contributed by atoms with Crippen LogP contribution in [-0.4, -0.2) is 7.11 Å². The molecule has 0 heterocycles. The topological polar surface area (TPSA) is 9.23 Å². The van der Waals surface area contributed by atoms with Gasteiger partial charge in [-0.15, -0.1) is 0 Å². The van der Waals surface area contributed by atoms with Crippen LogP contribution in [0.1, 0.15) is 44.6 Å². The first-order valence-corrected chi connectivity index (χ1v) is 7.12. The molecule has 1 nitrogen and oxygen atoms in total. The van der Waals surface area contributed by atoms with Gasteiger partial charge in [0.05, 0.1) is 7.11 Å². The summed E-state index contributed by atoms with van der Waals surface area (Å²) in [5.74, 6) is 1.89. The van der Waals surface area contributed by atoms with Crippen LogP contribution in [0.5, 0.6) is 5.75 Å². The summed E-state index contributed by atoms with van der Waals surface area (Å²) in [5.41, 5.74) is 3.07. The van der Waals surface area contributed by atoms with Gasteiger partial charge >= 0.3 is 0 Å². The van der Waals surface area contributed by atoms with E-state index < -0.39 is 0 Å². The van der Waals surface area contributed by atoms with E-state index in [9.17, 15) is 0 Å². The number of hydrogen-bond acceptors (Lipinski definition) is 1. The molecule has 0 radical (unpaired) electrons. The summed E-state index contributed by atoms with van der Waals surface area (Å²) in [6, 6.07) is 8.46. The molecule has 0 fully saturated rings. The Bertz CT molecular complexity index is 389. The molecule has 1 aromatic carbocycles. The van der Waals surface area contributed by atoms with Gasteiger partial charge in [0.1, 0.15) is 5.75 Å². The average Bonchev–Trinajstić information content (AvgIpc) is 2.46. The summed E-state index contributed by atoms with van der Waals surface area (Å²) in [5, 5.41) is 0. The van der Waals surface area contributed by atoms with Crippen LogP contribution in [0.2, 0.25) is 0 Å². The van der Waals surface area contributed by atoms with E-state index in [4.69, 9.17) is 4.74 Å². The Hall–Kier alpha value is -1.24. The maximum absolute atomic E-state index is 5.18. The quantitative estimate of drug-likeness (QED) is 0.678. The predicted octanol–water partition coefficient (Wildman–Crippen LogP) is 4.76. The zero-order chi connectivity index (χ0) is 12.8. The van der Waals surface area contributed by atoms with Crippen LogP contribution < -0.4 is 4.74 Å². The molecule has 2 rings (SSSR count). The van der Waals surface area contributed by atoms with Crippen LogP contribution in [-0.2, 0) is 6.42 Å². The van der Waals surface area contributed by atoms with Gasteiger partial charge in [-0.05, 0) is 55.7 Å². The maximum Gasteiger partial charge on any atom is 0.118 e. The third-order valence-corrected chi connectivity index (χ3v) is 4.08. The van der Waals surface area contributed by atoms with Crippen LogP contribution in [0.4, 0.5) is 0 Å². The number of rotatable bonds is 5. The van der Waals surface area contributed by atoms with Gasteiger partial charge < -0.3 is 4.74 Å². The second-order valence-corrected chi connectivity index (χ2v) is 5.26. The number of ether oxygens (including phenoxy) is 1. The fourth-order valence-electron chi connectivity index (χ4n) is 2.64. The molecule has 1 atom stereocenters. The Kier molecular flexibility index (Phi) is 4.86. The van der Waals surface area contributed by atoms with Crippen LogP contribution in [0.3, 0.4) is 0 Å². The fraction of sp³-hybridized carbons (Fsp3) is 0.529. The van der Waals surface area contributed by atoms with E-state index >= 15 is 0 Å². The van der Waals surface area contributed by atoms with Crippen molar-refractivity contribution in [3.8, 4) is 5.75 Å². The minimum atomic E-state index is 0.940. The molecule has 0 N–H and O–H groups in total. The molecule has 18 heavy (non-hydrogen) atoms. The largest absolute Gasteiger partial charge is 0.497 e. The van der Waals surface area contributed by atoms with Crippen molar-refractivity contribution in [2.75, 3.05) is 7.11 Å². The molecule has 0 aromatic heterocycles. The van der Waals surface area contributed by atoms with Crippen LogP contribution >= 0.6 is 0 Å². The van der Waals surface area contributed by atoms with E-state index in [2.05, 4.69) is 37.3 Å². The lowest BCUT2D eigenvalue weighted by atomic mass is 9.86. The van der Waals surface area contributed by atoms with Gasteiger partial charge in [0.25, 0.3) is 0 Å². The lowest BCUT2D eigenvalue weighted by molar-refractivity contribution is 0.414. The second kappa shape index (κ2) is 6.63. The molecule has 0 saturated heterocycles. The van der Waals surface area contributed by atoms with Crippen molar-refractivity contribution < 1.29 is 4.74 Å². The number of allylic oxidation sites excluding steroid dienone is 2. The molecule has 1 heteroatoms. The SMILES string of the molecule is CCC1CC=C(CCc2ccc(OC)cc2)CC1. The Morgan fingerprint density at radius 1 is 1.17 bits per heavy atom. The highest BCUT2D eigenvalue weighted by molar-refractivity contribution is 5.27. The summed E-state index contributed by atoms with van der Waals surface area (Å²) in [6.07, 6.45) is 10.2. The summed E-state index contributed by atoms with van der Waals surface area (Å²) >= 11 is 0. The first kappa shape index (κ1) is 13.2. The number of methoxy groups -OCH3 is 1. The van der Waals surface area contributed by atoms with Gasteiger partial charge in [0.2, 0.25) is 0 Å². The molecule has 98 valence electrons. The molecule has 1 unspecified atom stereocenters. The highest BCUT2D eigenvalue weighted by atomic mass is 16.5. The van der Waals surface area contributed by atoms with E-state index in [1.165, 1.54) is 37.7 Å². The van der Waals surface area contributed by atoms with E-state index in [1.807, 2.05) is 0 Å². The van der Waals surface area contributed by atoms with Gasteiger partial charge in [-0.1, -0.05) is 37.1 Å². The van der Waals surface area contributed by atoms with Gasteiger partial charge in [-0.3, -0.25) is 0 Å². The maximum atomic E-state index is 5.18. The number of aryl methyl sites for hydroxylation is 1. The van der Waals surface area contributed by atoms with Crippen LogP contribution in [0.15, 0.2) is 35.9 Å². The third-order valence-electron chi connectivity index (χ3n) is 4.08. The molecule has 1 aromatic rings. The van der Waals surface area contributed by atoms with Crippen molar-refractivity contribution in [3.05, 3.63) is 41.5 Å². The van der Waals surface area contributed by atoms with E-state index in [0.717, 1.165) is 18.1 Å².